The zero-order chi connectivity index (χ0) is 16.1. The summed E-state index contributed by atoms with van der Waals surface area (Å²) < 4.78 is 10.1. The van der Waals surface area contributed by atoms with E-state index in [1.165, 1.54) is 17.6 Å². The molecule has 0 bridgehead atoms. The number of amides is 1. The van der Waals surface area contributed by atoms with Gasteiger partial charge in [-0.1, -0.05) is 0 Å². The molecule has 0 aliphatic rings. The maximum Gasteiger partial charge on any atom is 0.357 e. The Morgan fingerprint density at radius 2 is 2.23 bits per heavy atom. The minimum absolute atomic E-state index is 0.0208. The van der Waals surface area contributed by atoms with Gasteiger partial charge in [-0.2, -0.15) is 0 Å². The molecule has 0 aliphatic heterocycles. The fourth-order valence-electron chi connectivity index (χ4n) is 1.86. The van der Waals surface area contributed by atoms with Crippen LogP contribution in [0.1, 0.15) is 46.8 Å². The molecule has 2 heterocycles. The number of thiazole rings is 1. The minimum Gasteiger partial charge on any atom is -0.461 e. The molecular formula is C15H18N2O4S. The quantitative estimate of drug-likeness (QED) is 0.765. The Bertz CT molecular complexity index is 634. The summed E-state index contributed by atoms with van der Waals surface area (Å²) >= 11 is 1.33. The number of furan rings is 1. The summed E-state index contributed by atoms with van der Waals surface area (Å²) in [6.45, 7) is 6.21. The third kappa shape index (κ3) is 3.73. The fourth-order valence-corrected chi connectivity index (χ4v) is 2.62. The Hall–Kier alpha value is -2.15. The molecule has 0 aliphatic carbocycles. The lowest BCUT2D eigenvalue weighted by atomic mass is 10.3. The van der Waals surface area contributed by atoms with Crippen molar-refractivity contribution in [1.29, 1.82) is 0 Å². The van der Waals surface area contributed by atoms with Crippen LogP contribution in [0.15, 0.2) is 28.2 Å². The van der Waals surface area contributed by atoms with Crippen LogP contribution in [0.5, 0.6) is 0 Å². The molecule has 0 saturated heterocycles. The van der Waals surface area contributed by atoms with Crippen molar-refractivity contribution in [2.24, 2.45) is 0 Å². The first kappa shape index (κ1) is 16.2. The summed E-state index contributed by atoms with van der Waals surface area (Å²) in [5, 5.41) is 2.32. The van der Waals surface area contributed by atoms with Gasteiger partial charge in [0.25, 0.3) is 5.91 Å². The van der Waals surface area contributed by atoms with Crippen LogP contribution in [-0.2, 0) is 11.3 Å². The van der Waals surface area contributed by atoms with Crippen LogP contribution in [0.2, 0.25) is 0 Å². The molecule has 2 aromatic rings. The van der Waals surface area contributed by atoms with Gasteiger partial charge in [0.15, 0.2) is 11.5 Å². The van der Waals surface area contributed by atoms with Gasteiger partial charge in [-0.05, 0) is 32.9 Å². The zero-order valence-corrected chi connectivity index (χ0v) is 13.6. The first-order valence-electron chi connectivity index (χ1n) is 6.99. The number of hydrogen-bond donors (Lipinski definition) is 0. The van der Waals surface area contributed by atoms with Crippen LogP contribution in [-0.4, -0.2) is 34.4 Å². The van der Waals surface area contributed by atoms with Crippen molar-refractivity contribution in [3.63, 3.8) is 0 Å². The summed E-state index contributed by atoms with van der Waals surface area (Å²) in [6, 6.07) is 3.28. The predicted octanol–water partition coefficient (Wildman–Crippen LogP) is 2.96. The van der Waals surface area contributed by atoms with Crippen LogP contribution in [0.25, 0.3) is 0 Å². The summed E-state index contributed by atoms with van der Waals surface area (Å²) in [5.41, 5.74) is 0.274. The van der Waals surface area contributed by atoms with E-state index in [0.29, 0.717) is 18.2 Å². The molecule has 0 N–H and O–H groups in total. The molecule has 2 rings (SSSR count). The van der Waals surface area contributed by atoms with Crippen molar-refractivity contribution in [3.05, 3.63) is 40.2 Å². The maximum atomic E-state index is 12.4. The zero-order valence-electron chi connectivity index (χ0n) is 12.7. The summed E-state index contributed by atoms with van der Waals surface area (Å²) in [6.07, 6.45) is 1.47. The van der Waals surface area contributed by atoms with Crippen LogP contribution < -0.4 is 0 Å². The van der Waals surface area contributed by atoms with Gasteiger partial charge < -0.3 is 14.1 Å². The number of rotatable bonds is 6. The van der Waals surface area contributed by atoms with Crippen LogP contribution in [0, 0.1) is 0 Å². The Kier molecular flexibility index (Phi) is 5.32. The lowest BCUT2D eigenvalue weighted by Gasteiger charge is -2.24. The molecule has 0 aromatic carbocycles. The van der Waals surface area contributed by atoms with Gasteiger partial charge in [-0.3, -0.25) is 4.79 Å². The third-order valence-corrected chi connectivity index (χ3v) is 3.79. The lowest BCUT2D eigenvalue weighted by Crippen LogP contribution is -2.36. The van der Waals surface area contributed by atoms with E-state index in [1.54, 1.807) is 29.3 Å². The first-order valence-corrected chi connectivity index (χ1v) is 7.86. The van der Waals surface area contributed by atoms with E-state index >= 15 is 0 Å². The molecule has 1 amide bonds. The van der Waals surface area contributed by atoms with Crippen molar-refractivity contribution >= 4 is 23.2 Å². The van der Waals surface area contributed by atoms with E-state index in [-0.39, 0.29) is 23.4 Å². The smallest absolute Gasteiger partial charge is 0.357 e. The first-order chi connectivity index (χ1) is 10.5. The van der Waals surface area contributed by atoms with Crippen molar-refractivity contribution in [2.75, 3.05) is 6.61 Å². The molecule has 0 spiro atoms. The Labute approximate surface area is 132 Å². The van der Waals surface area contributed by atoms with Gasteiger partial charge in [0.1, 0.15) is 5.01 Å². The number of hydrogen-bond acceptors (Lipinski definition) is 6. The number of ether oxygens (including phenoxy) is 1. The van der Waals surface area contributed by atoms with E-state index in [0.717, 1.165) is 0 Å². The van der Waals surface area contributed by atoms with E-state index < -0.39 is 5.97 Å². The van der Waals surface area contributed by atoms with E-state index in [9.17, 15) is 9.59 Å². The number of esters is 1. The highest BCUT2D eigenvalue weighted by Gasteiger charge is 2.23. The van der Waals surface area contributed by atoms with E-state index in [4.69, 9.17) is 9.15 Å². The summed E-state index contributed by atoms with van der Waals surface area (Å²) in [4.78, 5) is 29.9. The van der Waals surface area contributed by atoms with Crippen molar-refractivity contribution < 1.29 is 18.7 Å². The highest BCUT2D eigenvalue weighted by atomic mass is 32.1. The molecule has 7 heteroatoms. The average molecular weight is 322 g/mol. The van der Waals surface area contributed by atoms with Crippen molar-refractivity contribution in [1.82, 2.24) is 9.88 Å². The summed E-state index contributed by atoms with van der Waals surface area (Å²) in [7, 11) is 0. The Morgan fingerprint density at radius 3 is 2.82 bits per heavy atom. The second-order valence-corrected chi connectivity index (χ2v) is 5.79. The second kappa shape index (κ2) is 7.22. The van der Waals surface area contributed by atoms with Crippen molar-refractivity contribution in [2.45, 2.75) is 33.4 Å². The average Bonchev–Trinajstić information content (AvgIpc) is 3.15. The molecular weight excluding hydrogens is 304 g/mol. The van der Waals surface area contributed by atoms with Crippen molar-refractivity contribution in [3.8, 4) is 0 Å². The SMILES string of the molecule is CCOC(=O)c1csc(CN(C(=O)c2ccco2)C(C)C)n1. The Balaban J connectivity index is 2.12. The number of carbonyl (C=O) groups excluding carboxylic acids is 2. The standard InChI is InChI=1S/C15H18N2O4S/c1-4-20-15(19)11-9-22-13(16-11)8-17(10(2)3)14(18)12-6-5-7-21-12/h5-7,9-10H,4,8H2,1-3H3. The van der Waals surface area contributed by atoms with E-state index in [1.807, 2.05) is 13.8 Å². The molecule has 22 heavy (non-hydrogen) atoms. The highest BCUT2D eigenvalue weighted by molar-refractivity contribution is 7.09. The third-order valence-electron chi connectivity index (χ3n) is 2.96. The number of aromatic nitrogens is 1. The molecule has 0 unspecified atom stereocenters. The lowest BCUT2D eigenvalue weighted by molar-refractivity contribution is 0.0520. The molecule has 6 nitrogen and oxygen atoms in total. The van der Waals surface area contributed by atoms with Gasteiger partial charge in [0.05, 0.1) is 19.4 Å². The Morgan fingerprint density at radius 1 is 1.45 bits per heavy atom. The van der Waals surface area contributed by atoms with Gasteiger partial charge in [-0.15, -0.1) is 11.3 Å². The van der Waals surface area contributed by atoms with Gasteiger partial charge in [0.2, 0.25) is 0 Å². The molecule has 118 valence electrons. The molecule has 0 fully saturated rings. The minimum atomic E-state index is -0.446. The van der Waals surface area contributed by atoms with Gasteiger partial charge >= 0.3 is 5.97 Å². The molecule has 2 aromatic heterocycles. The van der Waals surface area contributed by atoms with E-state index in [2.05, 4.69) is 4.98 Å². The highest BCUT2D eigenvalue weighted by Crippen LogP contribution is 2.17. The number of nitrogens with zero attached hydrogens (tertiary/aromatic N) is 2. The predicted molar refractivity (Wildman–Crippen MR) is 81.8 cm³/mol. The second-order valence-electron chi connectivity index (χ2n) is 4.85. The largest absolute Gasteiger partial charge is 0.461 e. The van der Waals surface area contributed by atoms with Crippen LogP contribution >= 0.6 is 11.3 Å². The molecule has 0 atom stereocenters. The van der Waals surface area contributed by atoms with Gasteiger partial charge in [-0.25, -0.2) is 9.78 Å². The molecule has 0 radical (unpaired) electrons. The summed E-state index contributed by atoms with van der Waals surface area (Å²) in [5.74, 6) is -0.359. The van der Waals surface area contributed by atoms with Gasteiger partial charge in [0, 0.05) is 11.4 Å². The maximum absolute atomic E-state index is 12.4. The van der Waals surface area contributed by atoms with Crippen LogP contribution in [0.4, 0.5) is 0 Å². The molecule has 0 saturated carbocycles. The topological polar surface area (TPSA) is 72.6 Å². The number of carbonyl (C=O) groups is 2. The normalized spacial score (nSPS) is 10.7. The monoisotopic (exact) mass is 322 g/mol. The fraction of sp³-hybridized carbons (Fsp3) is 0.400. The van der Waals surface area contributed by atoms with Crippen LogP contribution in [0.3, 0.4) is 0 Å².